The maximum Gasteiger partial charge on any atom is 0.277 e. The molecule has 0 atom stereocenters. The molecule has 0 saturated carbocycles. The molecule has 0 unspecified atom stereocenters. The third-order valence-electron chi connectivity index (χ3n) is 4.36. The summed E-state index contributed by atoms with van der Waals surface area (Å²) < 4.78 is 10.8. The Bertz CT molecular complexity index is 864. The molecule has 2 aromatic rings. The van der Waals surface area contributed by atoms with Gasteiger partial charge in [-0.3, -0.25) is 4.79 Å². The summed E-state index contributed by atoms with van der Waals surface area (Å²) in [6.45, 7) is 4.96. The van der Waals surface area contributed by atoms with Gasteiger partial charge in [-0.25, -0.2) is 5.43 Å². The average Bonchev–Trinajstić information content (AvgIpc) is 2.77. The Labute approximate surface area is 164 Å². The average molecular weight is 378 g/mol. The van der Waals surface area contributed by atoms with Crippen molar-refractivity contribution in [2.45, 2.75) is 6.92 Å². The highest BCUT2D eigenvalue weighted by Gasteiger charge is 2.11. The number of morpholine rings is 1. The molecule has 1 heterocycles. The minimum atomic E-state index is -0.353. The van der Waals surface area contributed by atoms with Gasteiger partial charge < -0.3 is 14.4 Å². The second-order valence-electron chi connectivity index (χ2n) is 6.30. The van der Waals surface area contributed by atoms with Gasteiger partial charge in [0.2, 0.25) is 0 Å². The molecule has 0 bridgehead atoms. The van der Waals surface area contributed by atoms with E-state index in [-0.39, 0.29) is 12.5 Å². The minimum absolute atomic E-state index is 0.154. The first kappa shape index (κ1) is 19.4. The van der Waals surface area contributed by atoms with Crippen molar-refractivity contribution < 1.29 is 14.3 Å². The van der Waals surface area contributed by atoms with Crippen molar-refractivity contribution in [2.24, 2.45) is 5.10 Å². The Kier molecular flexibility index (Phi) is 6.60. The molecule has 7 nitrogen and oxygen atoms in total. The van der Waals surface area contributed by atoms with Crippen LogP contribution in [-0.4, -0.2) is 44.5 Å². The van der Waals surface area contributed by atoms with Gasteiger partial charge in [0.05, 0.1) is 30.6 Å². The molecular formula is C21H22N4O3. The number of nitrogens with one attached hydrogen (secondary N) is 1. The molecule has 0 spiro atoms. The van der Waals surface area contributed by atoms with E-state index in [1.807, 2.05) is 25.1 Å². The van der Waals surface area contributed by atoms with Crippen LogP contribution in [0.25, 0.3) is 0 Å². The van der Waals surface area contributed by atoms with E-state index in [4.69, 9.17) is 14.7 Å². The fourth-order valence-corrected chi connectivity index (χ4v) is 2.75. The van der Waals surface area contributed by atoms with Gasteiger partial charge in [0.25, 0.3) is 5.91 Å². The highest BCUT2D eigenvalue weighted by atomic mass is 16.5. The van der Waals surface area contributed by atoms with Crippen molar-refractivity contribution in [1.29, 1.82) is 5.26 Å². The fourth-order valence-electron chi connectivity index (χ4n) is 2.75. The first-order valence-electron chi connectivity index (χ1n) is 9.05. The number of hydrogen-bond donors (Lipinski definition) is 1. The Morgan fingerprint density at radius 1 is 1.18 bits per heavy atom. The summed E-state index contributed by atoms with van der Waals surface area (Å²) in [5, 5.41) is 12.9. The Morgan fingerprint density at radius 2 is 1.86 bits per heavy atom. The summed E-state index contributed by atoms with van der Waals surface area (Å²) >= 11 is 0. The van der Waals surface area contributed by atoms with Gasteiger partial charge in [-0.15, -0.1) is 0 Å². The van der Waals surface area contributed by atoms with E-state index >= 15 is 0 Å². The van der Waals surface area contributed by atoms with Crippen LogP contribution in [0.15, 0.2) is 53.6 Å². The zero-order valence-corrected chi connectivity index (χ0v) is 15.7. The zero-order chi connectivity index (χ0) is 19.8. The van der Waals surface area contributed by atoms with Crippen LogP contribution in [0, 0.1) is 11.3 Å². The summed E-state index contributed by atoms with van der Waals surface area (Å²) in [4.78, 5) is 14.2. The van der Waals surface area contributed by atoms with E-state index in [1.54, 1.807) is 24.3 Å². The lowest BCUT2D eigenvalue weighted by atomic mass is 10.1. The van der Waals surface area contributed by atoms with E-state index in [2.05, 4.69) is 27.6 Å². The topological polar surface area (TPSA) is 86.9 Å². The van der Waals surface area contributed by atoms with Gasteiger partial charge in [0, 0.05) is 18.8 Å². The van der Waals surface area contributed by atoms with Gasteiger partial charge in [-0.1, -0.05) is 12.1 Å². The van der Waals surface area contributed by atoms with E-state index in [9.17, 15) is 4.79 Å². The second kappa shape index (κ2) is 9.53. The van der Waals surface area contributed by atoms with E-state index in [1.165, 1.54) is 0 Å². The molecule has 144 valence electrons. The van der Waals surface area contributed by atoms with E-state index in [0.717, 1.165) is 37.6 Å². The number of nitriles is 1. The summed E-state index contributed by atoms with van der Waals surface area (Å²) in [6, 6.07) is 16.7. The van der Waals surface area contributed by atoms with Gasteiger partial charge in [0.1, 0.15) is 5.75 Å². The molecule has 1 N–H and O–H groups in total. The summed E-state index contributed by atoms with van der Waals surface area (Å²) in [5.74, 6) is 0.169. The molecule has 0 radical (unpaired) electrons. The molecule has 7 heteroatoms. The predicted octanol–water partition coefficient (Wildman–Crippen LogP) is 2.31. The zero-order valence-electron chi connectivity index (χ0n) is 15.7. The van der Waals surface area contributed by atoms with Crippen molar-refractivity contribution >= 4 is 17.3 Å². The Hall–Kier alpha value is -3.37. The van der Waals surface area contributed by atoms with Gasteiger partial charge in [-0.05, 0) is 48.9 Å². The smallest absolute Gasteiger partial charge is 0.277 e. The molecular weight excluding hydrogens is 356 g/mol. The first-order chi connectivity index (χ1) is 13.7. The minimum Gasteiger partial charge on any atom is -0.484 e. The van der Waals surface area contributed by atoms with Gasteiger partial charge in [-0.2, -0.15) is 10.4 Å². The molecule has 3 rings (SSSR count). The molecule has 1 aliphatic heterocycles. The number of ether oxygens (including phenoxy) is 2. The lowest BCUT2D eigenvalue weighted by molar-refractivity contribution is -0.123. The van der Waals surface area contributed by atoms with Crippen LogP contribution in [0.3, 0.4) is 0 Å². The molecule has 1 amide bonds. The molecule has 1 fully saturated rings. The van der Waals surface area contributed by atoms with Crippen LogP contribution in [0.5, 0.6) is 5.75 Å². The maximum absolute atomic E-state index is 11.9. The molecule has 0 aromatic heterocycles. The lowest BCUT2D eigenvalue weighted by Crippen LogP contribution is -2.36. The van der Waals surface area contributed by atoms with Crippen LogP contribution >= 0.6 is 0 Å². The number of carbonyl (C=O) groups excluding carboxylic acids is 1. The third-order valence-corrected chi connectivity index (χ3v) is 4.36. The highest BCUT2D eigenvalue weighted by molar-refractivity contribution is 5.99. The number of hydrazone groups is 1. The van der Waals surface area contributed by atoms with Crippen molar-refractivity contribution in [3.63, 3.8) is 0 Å². The molecule has 1 saturated heterocycles. The number of rotatable bonds is 6. The van der Waals surface area contributed by atoms with Crippen LogP contribution in [0.1, 0.15) is 18.1 Å². The number of nitrogens with zero attached hydrogens (tertiary/aromatic N) is 3. The van der Waals surface area contributed by atoms with Gasteiger partial charge in [0.15, 0.2) is 6.61 Å². The van der Waals surface area contributed by atoms with Crippen molar-refractivity contribution in [3.8, 4) is 11.8 Å². The van der Waals surface area contributed by atoms with Crippen LogP contribution in [-0.2, 0) is 9.53 Å². The van der Waals surface area contributed by atoms with Crippen molar-refractivity contribution in [3.05, 3.63) is 59.7 Å². The summed E-state index contributed by atoms with van der Waals surface area (Å²) in [5.41, 5.74) is 5.83. The predicted molar refractivity (Wildman–Crippen MR) is 106 cm³/mol. The highest BCUT2D eigenvalue weighted by Crippen LogP contribution is 2.17. The molecule has 28 heavy (non-hydrogen) atoms. The number of carbonyl (C=O) groups is 1. The fraction of sp³-hybridized carbons (Fsp3) is 0.286. The molecule has 2 aromatic carbocycles. The van der Waals surface area contributed by atoms with E-state index in [0.29, 0.717) is 17.0 Å². The molecule has 1 aliphatic rings. The monoisotopic (exact) mass is 378 g/mol. The number of anilines is 1. The van der Waals surface area contributed by atoms with Gasteiger partial charge >= 0.3 is 0 Å². The standard InChI is InChI=1S/C21H22N4O3/c1-16(18-4-6-19(7-5-18)25-10-12-27-13-11-25)23-24-21(26)15-28-20-8-2-17(14-22)3-9-20/h2-9H,10-13,15H2,1H3,(H,24,26)/b23-16-. The van der Waals surface area contributed by atoms with Crippen molar-refractivity contribution in [2.75, 3.05) is 37.8 Å². The molecule has 0 aliphatic carbocycles. The van der Waals surface area contributed by atoms with Crippen molar-refractivity contribution in [1.82, 2.24) is 5.43 Å². The quantitative estimate of drug-likeness (QED) is 0.616. The first-order valence-corrected chi connectivity index (χ1v) is 9.05. The maximum atomic E-state index is 11.9. The van der Waals surface area contributed by atoms with Crippen LogP contribution in [0.4, 0.5) is 5.69 Å². The normalized spacial score (nSPS) is 14.3. The number of amides is 1. The third kappa shape index (κ3) is 5.32. The second-order valence-corrected chi connectivity index (χ2v) is 6.30. The number of benzene rings is 2. The Morgan fingerprint density at radius 3 is 2.50 bits per heavy atom. The van der Waals surface area contributed by atoms with Crippen LogP contribution < -0.4 is 15.1 Å². The summed E-state index contributed by atoms with van der Waals surface area (Å²) in [6.07, 6.45) is 0. The largest absolute Gasteiger partial charge is 0.484 e. The summed E-state index contributed by atoms with van der Waals surface area (Å²) in [7, 11) is 0. The number of hydrogen-bond acceptors (Lipinski definition) is 6. The van der Waals surface area contributed by atoms with E-state index < -0.39 is 0 Å². The van der Waals surface area contributed by atoms with Crippen LogP contribution in [0.2, 0.25) is 0 Å². The lowest BCUT2D eigenvalue weighted by Gasteiger charge is -2.28. The Balaban J connectivity index is 1.50. The SMILES string of the molecule is C/C(=N/NC(=O)COc1ccc(C#N)cc1)c1ccc(N2CCOCC2)cc1.